The molecule has 84 valence electrons. The molecule has 0 atom stereocenters. The second-order valence-corrected chi connectivity index (χ2v) is 3.08. The highest BCUT2D eigenvalue weighted by Gasteiger charge is 1.95. The van der Waals surface area contributed by atoms with Crippen molar-refractivity contribution in [1.29, 1.82) is 0 Å². The van der Waals surface area contributed by atoms with E-state index in [4.69, 9.17) is 0 Å². The van der Waals surface area contributed by atoms with Gasteiger partial charge in [0.25, 0.3) is 0 Å². The average molecular weight is 217 g/mol. The molecule has 1 aromatic carbocycles. The maximum Gasteiger partial charge on any atom is 0.0478 e. The zero-order valence-corrected chi connectivity index (χ0v) is 10.2. The third kappa shape index (κ3) is 5.14. The van der Waals surface area contributed by atoms with E-state index in [0.29, 0.717) is 0 Å². The third-order valence-corrected chi connectivity index (χ3v) is 2.27. The van der Waals surface area contributed by atoms with E-state index in [-0.39, 0.29) is 6.90 Å². The molecule has 0 radical (unpaired) electrons. The van der Waals surface area contributed by atoms with Gasteiger partial charge in [-0.3, -0.25) is 0 Å². The SMILES string of the molecule is CC.CCNc1ccccc1SC.O.[HH]. The molecule has 2 nitrogen and oxygen atoms in total. The second kappa shape index (κ2) is 10.4. The van der Waals surface area contributed by atoms with Gasteiger partial charge >= 0.3 is 0 Å². The molecule has 0 aliphatic heterocycles. The Kier molecular flexibility index (Phi) is 11.7. The molecule has 0 aliphatic rings. The predicted molar refractivity (Wildman–Crippen MR) is 69.5 cm³/mol. The van der Waals surface area contributed by atoms with Crippen molar-refractivity contribution in [2.45, 2.75) is 25.7 Å². The van der Waals surface area contributed by atoms with Crippen LogP contribution in [0.5, 0.6) is 0 Å². The van der Waals surface area contributed by atoms with Crippen molar-refractivity contribution in [3.63, 3.8) is 0 Å². The fourth-order valence-electron chi connectivity index (χ4n) is 0.981. The normalized spacial score (nSPS) is 8.00. The summed E-state index contributed by atoms with van der Waals surface area (Å²) in [5.74, 6) is 0. The smallest absolute Gasteiger partial charge is 0.0478 e. The van der Waals surface area contributed by atoms with E-state index in [2.05, 4.69) is 42.8 Å². The highest BCUT2D eigenvalue weighted by atomic mass is 32.2. The minimum absolute atomic E-state index is 0. The van der Waals surface area contributed by atoms with E-state index in [0.717, 1.165) is 6.54 Å². The number of thioether (sulfide) groups is 1. The lowest BCUT2D eigenvalue weighted by atomic mass is 10.3. The lowest BCUT2D eigenvalue weighted by Crippen LogP contribution is -1.97. The molecular formula is C11H23NOS. The van der Waals surface area contributed by atoms with E-state index in [1.54, 1.807) is 11.8 Å². The quantitative estimate of drug-likeness (QED) is 0.790. The summed E-state index contributed by atoms with van der Waals surface area (Å²) in [5, 5.41) is 3.31. The van der Waals surface area contributed by atoms with Gasteiger partial charge < -0.3 is 10.8 Å². The Hall–Kier alpha value is -0.670. The maximum absolute atomic E-state index is 3.31. The van der Waals surface area contributed by atoms with Gasteiger partial charge in [-0.2, -0.15) is 0 Å². The number of hydrogen-bond donors (Lipinski definition) is 1. The molecule has 0 spiro atoms. The summed E-state index contributed by atoms with van der Waals surface area (Å²) in [7, 11) is 0. The van der Waals surface area contributed by atoms with Crippen LogP contribution in [0.1, 0.15) is 22.2 Å². The Bertz CT molecular complexity index is 234. The monoisotopic (exact) mass is 217 g/mol. The van der Waals surface area contributed by atoms with Gasteiger partial charge in [-0.15, -0.1) is 11.8 Å². The van der Waals surface area contributed by atoms with Crippen molar-refractivity contribution >= 4 is 17.4 Å². The van der Waals surface area contributed by atoms with Crippen molar-refractivity contribution in [3.05, 3.63) is 24.3 Å². The molecule has 3 heteroatoms. The van der Waals surface area contributed by atoms with E-state index in [1.165, 1.54) is 10.6 Å². The first-order valence-electron chi connectivity index (χ1n) is 4.75. The second-order valence-electron chi connectivity index (χ2n) is 2.23. The zero-order chi connectivity index (χ0) is 10.1. The standard InChI is InChI=1S/C9H13NS.C2H6.H2O.H2/c1-3-10-8-6-4-5-7-9(8)11-2;1-2;;/h4-7,10H,3H2,1-2H3;1-2H3;1H2;1H. The molecule has 0 heterocycles. The Morgan fingerprint density at radius 3 is 2.36 bits per heavy atom. The van der Waals surface area contributed by atoms with Crippen LogP contribution in [0, 0.1) is 0 Å². The summed E-state index contributed by atoms with van der Waals surface area (Å²) in [4.78, 5) is 1.31. The number of benzene rings is 1. The van der Waals surface area contributed by atoms with Gasteiger partial charge in [-0.25, -0.2) is 0 Å². The van der Waals surface area contributed by atoms with E-state index in [9.17, 15) is 0 Å². The molecule has 3 N–H and O–H groups in total. The molecule has 1 aromatic rings. The van der Waals surface area contributed by atoms with Crippen LogP contribution < -0.4 is 5.32 Å². The molecule has 0 aliphatic carbocycles. The summed E-state index contributed by atoms with van der Waals surface area (Å²) >= 11 is 1.77. The first kappa shape index (κ1) is 15.8. The van der Waals surface area contributed by atoms with Crippen LogP contribution >= 0.6 is 11.8 Å². The van der Waals surface area contributed by atoms with Gasteiger partial charge in [0.05, 0.1) is 0 Å². The van der Waals surface area contributed by atoms with Gasteiger partial charge in [-0.05, 0) is 25.3 Å². The minimum atomic E-state index is 0. The Morgan fingerprint density at radius 2 is 1.86 bits per heavy atom. The minimum Gasteiger partial charge on any atom is -0.412 e. The molecule has 0 fully saturated rings. The highest BCUT2D eigenvalue weighted by Crippen LogP contribution is 2.23. The largest absolute Gasteiger partial charge is 0.412 e. The fourth-order valence-corrected chi connectivity index (χ4v) is 1.56. The summed E-state index contributed by atoms with van der Waals surface area (Å²) in [6, 6.07) is 8.35. The molecule has 14 heavy (non-hydrogen) atoms. The third-order valence-electron chi connectivity index (χ3n) is 1.47. The van der Waals surface area contributed by atoms with Crippen molar-refractivity contribution in [2.75, 3.05) is 18.1 Å². The Balaban J connectivity index is -0.000000339. The van der Waals surface area contributed by atoms with Crippen molar-refractivity contribution < 1.29 is 6.90 Å². The molecule has 0 unspecified atom stereocenters. The van der Waals surface area contributed by atoms with Crippen LogP contribution in [0.3, 0.4) is 0 Å². The van der Waals surface area contributed by atoms with E-state index in [1.807, 2.05) is 13.8 Å². The van der Waals surface area contributed by atoms with Gasteiger partial charge in [0.1, 0.15) is 0 Å². The van der Waals surface area contributed by atoms with Crippen molar-refractivity contribution in [3.8, 4) is 0 Å². The van der Waals surface area contributed by atoms with Gasteiger partial charge in [0.2, 0.25) is 0 Å². The molecule has 0 bridgehead atoms. The van der Waals surface area contributed by atoms with Crippen LogP contribution in [-0.4, -0.2) is 18.3 Å². The number of nitrogens with one attached hydrogen (secondary N) is 1. The first-order chi connectivity index (χ1) is 6.38. The zero-order valence-electron chi connectivity index (χ0n) is 9.42. The van der Waals surface area contributed by atoms with Crippen LogP contribution in [0.4, 0.5) is 5.69 Å². The highest BCUT2D eigenvalue weighted by molar-refractivity contribution is 7.98. The van der Waals surface area contributed by atoms with Crippen LogP contribution in [0.15, 0.2) is 29.2 Å². The fraction of sp³-hybridized carbons (Fsp3) is 0.455. The lowest BCUT2D eigenvalue weighted by Gasteiger charge is -2.06. The van der Waals surface area contributed by atoms with Crippen LogP contribution in [0.25, 0.3) is 0 Å². The van der Waals surface area contributed by atoms with Gasteiger partial charge in [-0.1, -0.05) is 26.0 Å². The maximum atomic E-state index is 3.31. The molecule has 0 amide bonds. The van der Waals surface area contributed by atoms with Crippen molar-refractivity contribution in [1.82, 2.24) is 0 Å². The predicted octanol–water partition coefficient (Wildman–Crippen LogP) is 3.29. The molecule has 0 saturated carbocycles. The topological polar surface area (TPSA) is 43.5 Å². The summed E-state index contributed by atoms with van der Waals surface area (Å²) < 4.78 is 0. The van der Waals surface area contributed by atoms with Crippen LogP contribution in [0.2, 0.25) is 0 Å². The molecule has 0 saturated heterocycles. The Labute approximate surface area is 92.9 Å². The number of anilines is 1. The summed E-state index contributed by atoms with van der Waals surface area (Å²) in [6.07, 6.45) is 2.09. The summed E-state index contributed by atoms with van der Waals surface area (Å²) in [5.41, 5.74) is 1.24. The average Bonchev–Trinajstić information content (AvgIpc) is 2.22. The summed E-state index contributed by atoms with van der Waals surface area (Å²) in [6.45, 7) is 7.09. The molecule has 0 aromatic heterocycles. The first-order valence-corrected chi connectivity index (χ1v) is 5.98. The van der Waals surface area contributed by atoms with E-state index >= 15 is 0 Å². The van der Waals surface area contributed by atoms with Crippen LogP contribution in [-0.2, 0) is 0 Å². The van der Waals surface area contributed by atoms with Crippen molar-refractivity contribution in [2.24, 2.45) is 0 Å². The number of rotatable bonds is 3. The van der Waals surface area contributed by atoms with E-state index < -0.39 is 0 Å². The number of hydrogen-bond acceptors (Lipinski definition) is 2. The van der Waals surface area contributed by atoms with Gasteiger partial charge in [0.15, 0.2) is 0 Å². The molecule has 1 rings (SSSR count). The Morgan fingerprint density at radius 1 is 1.29 bits per heavy atom. The number of para-hydroxylation sites is 1. The van der Waals surface area contributed by atoms with Gasteiger partial charge in [0, 0.05) is 18.6 Å². The molecular weight excluding hydrogens is 194 g/mol. The lowest BCUT2D eigenvalue weighted by molar-refractivity contribution is 0.824.